The van der Waals surface area contributed by atoms with Crippen molar-refractivity contribution in [1.29, 1.82) is 0 Å². The van der Waals surface area contributed by atoms with Crippen LogP contribution in [0.3, 0.4) is 0 Å². The summed E-state index contributed by atoms with van der Waals surface area (Å²) in [4.78, 5) is 8.02. The maximum absolute atomic E-state index is 10.5. The van der Waals surface area contributed by atoms with Crippen LogP contribution < -0.4 is 4.90 Å². The van der Waals surface area contributed by atoms with Crippen LogP contribution >= 0.6 is 11.8 Å². The number of thioether (sulfide) groups is 1. The second-order valence-corrected chi connectivity index (χ2v) is 9.20. The average molecular weight is 453 g/mol. The third-order valence-corrected chi connectivity index (χ3v) is 6.47. The van der Waals surface area contributed by atoms with Crippen molar-refractivity contribution in [2.45, 2.75) is 23.6 Å². The van der Waals surface area contributed by atoms with Gasteiger partial charge in [0.05, 0.1) is 21.3 Å². The first-order valence-electron chi connectivity index (χ1n) is 9.76. The number of aliphatic imine (C=N–C) groups is 1. The highest BCUT2D eigenvalue weighted by atomic mass is 32.2. The first-order chi connectivity index (χ1) is 14.9. The van der Waals surface area contributed by atoms with Gasteiger partial charge in [-0.2, -0.15) is 8.42 Å². The zero-order chi connectivity index (χ0) is 22.3. The number of hydrogen-bond acceptors (Lipinski definition) is 5. The Morgan fingerprint density at radius 2 is 1.61 bits per heavy atom. The van der Waals surface area contributed by atoms with E-state index in [4.69, 9.17) is 4.55 Å². The predicted octanol–water partition coefficient (Wildman–Crippen LogP) is 6.10. The topological polar surface area (TPSA) is 70.0 Å². The molecule has 5 nitrogen and oxygen atoms in total. The van der Waals surface area contributed by atoms with Crippen LogP contribution in [-0.4, -0.2) is 25.7 Å². The van der Waals surface area contributed by atoms with Crippen LogP contribution in [-0.2, 0) is 10.1 Å². The lowest BCUT2D eigenvalue weighted by molar-refractivity contribution is 0.483. The standard InChI is InChI=1S/C17H16N2S.C7H8O3S/c1-2-19-15-10-6-7-11-16(15)20-17(19)12-13-18-14-8-4-3-5-9-14;1-6-2-4-7(5-3-6)11(8,9)10/h3-13H,2H2,1H3;2-5H,1H3,(H,8,9,10)/b17-12-,18-13?;. The molecule has 0 saturated carbocycles. The van der Waals surface area contributed by atoms with Crippen molar-refractivity contribution in [2.24, 2.45) is 4.99 Å². The van der Waals surface area contributed by atoms with Crippen LogP contribution in [0.2, 0.25) is 0 Å². The molecular weight excluding hydrogens is 428 g/mol. The second kappa shape index (κ2) is 10.4. The van der Waals surface area contributed by atoms with Crippen molar-refractivity contribution < 1.29 is 13.0 Å². The summed E-state index contributed by atoms with van der Waals surface area (Å²) in [5.74, 6) is 0. The van der Waals surface area contributed by atoms with Gasteiger partial charge >= 0.3 is 0 Å². The number of allylic oxidation sites excluding steroid dienone is 1. The monoisotopic (exact) mass is 452 g/mol. The first kappa shape index (κ1) is 22.8. The molecule has 4 rings (SSSR count). The predicted molar refractivity (Wildman–Crippen MR) is 129 cm³/mol. The van der Waals surface area contributed by atoms with Crippen LogP contribution in [0.25, 0.3) is 0 Å². The highest BCUT2D eigenvalue weighted by Gasteiger charge is 2.22. The molecule has 0 aliphatic carbocycles. The summed E-state index contributed by atoms with van der Waals surface area (Å²) in [7, 11) is -4.02. The fourth-order valence-electron chi connectivity index (χ4n) is 2.91. The Balaban J connectivity index is 0.000000210. The zero-order valence-corrected chi connectivity index (χ0v) is 19.0. The van der Waals surface area contributed by atoms with Crippen LogP contribution in [0.5, 0.6) is 0 Å². The minimum atomic E-state index is -4.02. The molecule has 0 aromatic heterocycles. The van der Waals surface area contributed by atoms with Gasteiger partial charge in [-0.15, -0.1) is 0 Å². The molecule has 1 N–H and O–H groups in total. The van der Waals surface area contributed by atoms with E-state index in [1.165, 1.54) is 27.7 Å². The molecule has 3 aromatic carbocycles. The first-order valence-corrected chi connectivity index (χ1v) is 12.0. The quantitative estimate of drug-likeness (QED) is 0.382. The fourth-order valence-corrected chi connectivity index (χ4v) is 4.52. The molecule has 31 heavy (non-hydrogen) atoms. The van der Waals surface area contributed by atoms with Gasteiger partial charge in [0.15, 0.2) is 0 Å². The summed E-state index contributed by atoms with van der Waals surface area (Å²) in [6, 6.07) is 24.5. The highest BCUT2D eigenvalue weighted by Crippen LogP contribution is 2.45. The SMILES string of the molecule is CCN1/C(=C/C=Nc2ccccc2)Sc2ccccc21.Cc1ccc(S(=O)(=O)O)cc1. The van der Waals surface area contributed by atoms with Gasteiger partial charge in [-0.05, 0) is 56.3 Å². The van der Waals surface area contributed by atoms with E-state index in [-0.39, 0.29) is 4.90 Å². The van der Waals surface area contributed by atoms with E-state index in [1.807, 2.05) is 43.5 Å². The normalized spacial score (nSPS) is 14.4. The Hall–Kier alpha value is -2.87. The van der Waals surface area contributed by atoms with Crippen molar-refractivity contribution in [2.75, 3.05) is 11.4 Å². The number of aryl methyl sites for hydroxylation is 1. The van der Waals surface area contributed by atoms with E-state index in [1.54, 1.807) is 23.9 Å². The zero-order valence-electron chi connectivity index (χ0n) is 17.3. The van der Waals surface area contributed by atoms with Crippen molar-refractivity contribution in [3.63, 3.8) is 0 Å². The molecular formula is C24H24N2O3S2. The molecule has 0 saturated heterocycles. The fraction of sp³-hybridized carbons (Fsp3) is 0.125. The molecule has 7 heteroatoms. The highest BCUT2D eigenvalue weighted by molar-refractivity contribution is 8.03. The van der Waals surface area contributed by atoms with E-state index >= 15 is 0 Å². The molecule has 0 atom stereocenters. The lowest BCUT2D eigenvalue weighted by Gasteiger charge is -2.17. The van der Waals surface area contributed by atoms with E-state index in [9.17, 15) is 8.42 Å². The Labute approximate surface area is 187 Å². The lowest BCUT2D eigenvalue weighted by atomic mass is 10.2. The Morgan fingerprint density at radius 3 is 2.26 bits per heavy atom. The van der Waals surface area contributed by atoms with Gasteiger partial charge in [0.1, 0.15) is 0 Å². The molecule has 0 fully saturated rings. The van der Waals surface area contributed by atoms with Crippen molar-refractivity contribution >= 4 is 39.5 Å². The van der Waals surface area contributed by atoms with E-state index in [0.717, 1.165) is 17.8 Å². The molecule has 0 unspecified atom stereocenters. The van der Waals surface area contributed by atoms with Crippen LogP contribution in [0.15, 0.2) is 105 Å². The number of fused-ring (bicyclic) bond motifs is 1. The number of hydrogen-bond donors (Lipinski definition) is 1. The molecule has 0 spiro atoms. The summed E-state index contributed by atoms with van der Waals surface area (Å²) < 4.78 is 29.6. The smallest absolute Gasteiger partial charge is 0.294 e. The lowest BCUT2D eigenvalue weighted by Crippen LogP contribution is -2.16. The maximum Gasteiger partial charge on any atom is 0.294 e. The van der Waals surface area contributed by atoms with E-state index < -0.39 is 10.1 Å². The molecule has 0 radical (unpaired) electrons. The van der Waals surface area contributed by atoms with Crippen molar-refractivity contribution in [3.05, 3.63) is 95.5 Å². The van der Waals surface area contributed by atoms with Gasteiger partial charge in [-0.1, -0.05) is 59.8 Å². The third-order valence-electron chi connectivity index (χ3n) is 4.47. The van der Waals surface area contributed by atoms with Crippen LogP contribution in [0.1, 0.15) is 12.5 Å². The summed E-state index contributed by atoms with van der Waals surface area (Å²) in [5.41, 5.74) is 3.23. The van der Waals surface area contributed by atoms with Gasteiger partial charge in [-0.25, -0.2) is 0 Å². The van der Waals surface area contributed by atoms with Crippen molar-refractivity contribution in [3.8, 4) is 0 Å². The van der Waals surface area contributed by atoms with Gasteiger partial charge in [-0.3, -0.25) is 9.55 Å². The third kappa shape index (κ3) is 6.30. The molecule has 3 aromatic rings. The molecule has 1 aliphatic heterocycles. The van der Waals surface area contributed by atoms with Gasteiger partial charge in [0, 0.05) is 17.7 Å². The molecule has 1 heterocycles. The minimum Gasteiger partial charge on any atom is -0.335 e. The Morgan fingerprint density at radius 1 is 0.968 bits per heavy atom. The number of rotatable bonds is 4. The van der Waals surface area contributed by atoms with Crippen LogP contribution in [0, 0.1) is 6.92 Å². The average Bonchev–Trinajstić information content (AvgIpc) is 3.12. The molecule has 160 valence electrons. The van der Waals surface area contributed by atoms with E-state index in [0.29, 0.717) is 0 Å². The second-order valence-electron chi connectivity index (χ2n) is 6.72. The van der Waals surface area contributed by atoms with Gasteiger partial charge in [0.2, 0.25) is 0 Å². The van der Waals surface area contributed by atoms with Gasteiger partial charge in [0.25, 0.3) is 10.1 Å². The number of para-hydroxylation sites is 2. The van der Waals surface area contributed by atoms with Crippen molar-refractivity contribution in [1.82, 2.24) is 0 Å². The summed E-state index contributed by atoms with van der Waals surface area (Å²) in [6.07, 6.45) is 3.97. The number of anilines is 1. The Bertz CT molecular complexity index is 1170. The molecule has 0 bridgehead atoms. The number of nitrogens with zero attached hydrogens (tertiary/aromatic N) is 2. The largest absolute Gasteiger partial charge is 0.335 e. The van der Waals surface area contributed by atoms with E-state index in [2.05, 4.69) is 47.2 Å². The van der Waals surface area contributed by atoms with Crippen LogP contribution in [0.4, 0.5) is 11.4 Å². The minimum absolute atomic E-state index is 0.0666. The number of benzene rings is 3. The molecule has 0 amide bonds. The molecule has 1 aliphatic rings. The van der Waals surface area contributed by atoms with Gasteiger partial charge < -0.3 is 4.90 Å². The maximum atomic E-state index is 10.5. The Kier molecular flexibility index (Phi) is 7.68. The summed E-state index contributed by atoms with van der Waals surface area (Å²) >= 11 is 1.80. The summed E-state index contributed by atoms with van der Waals surface area (Å²) in [6.45, 7) is 4.98. The summed E-state index contributed by atoms with van der Waals surface area (Å²) in [5, 5.41) is 1.23.